The third-order valence-electron chi connectivity index (χ3n) is 5.56. The first-order valence-corrected chi connectivity index (χ1v) is 11.5. The number of alkyl halides is 3. The van der Waals surface area contributed by atoms with Crippen molar-refractivity contribution in [3.05, 3.63) is 70.1 Å². The van der Waals surface area contributed by atoms with Crippen LogP contribution in [0.4, 0.5) is 13.2 Å². The lowest BCUT2D eigenvalue weighted by Gasteiger charge is -2.34. The maximum atomic E-state index is 13.0. The predicted molar refractivity (Wildman–Crippen MR) is 115 cm³/mol. The normalized spacial score (nSPS) is 16.2. The topological polar surface area (TPSA) is 80.1 Å². The SMILES string of the molecule is COc1ccc2c(CN3CCN(S(=O)(=O)c4cccc(C(F)(F)F)c4)CC3)cc(=O)oc2c1. The fourth-order valence-corrected chi connectivity index (χ4v) is 5.29. The number of benzene rings is 2. The second-order valence-corrected chi connectivity index (χ2v) is 9.60. The van der Waals surface area contributed by atoms with Gasteiger partial charge >= 0.3 is 11.8 Å². The molecule has 0 atom stereocenters. The Hall–Kier alpha value is -2.89. The summed E-state index contributed by atoms with van der Waals surface area (Å²) >= 11 is 0. The first-order valence-electron chi connectivity index (χ1n) is 10.1. The highest BCUT2D eigenvalue weighted by Crippen LogP contribution is 2.31. The highest BCUT2D eigenvalue weighted by Gasteiger charge is 2.34. The summed E-state index contributed by atoms with van der Waals surface area (Å²) in [5.74, 6) is 0.552. The van der Waals surface area contributed by atoms with Gasteiger partial charge in [0.15, 0.2) is 0 Å². The summed E-state index contributed by atoms with van der Waals surface area (Å²) in [6.07, 6.45) is -4.63. The van der Waals surface area contributed by atoms with Gasteiger partial charge in [0.2, 0.25) is 10.0 Å². The van der Waals surface area contributed by atoms with Gasteiger partial charge in [-0.25, -0.2) is 13.2 Å². The Kier molecular flexibility index (Phi) is 6.21. The van der Waals surface area contributed by atoms with Crippen LogP contribution in [-0.4, -0.2) is 50.9 Å². The predicted octanol–water partition coefficient (Wildman–Crippen LogP) is 3.33. The highest BCUT2D eigenvalue weighted by atomic mass is 32.2. The lowest BCUT2D eigenvalue weighted by atomic mass is 10.1. The Morgan fingerprint density at radius 3 is 2.42 bits per heavy atom. The van der Waals surface area contributed by atoms with Crippen molar-refractivity contribution in [3.8, 4) is 5.75 Å². The largest absolute Gasteiger partial charge is 0.497 e. The van der Waals surface area contributed by atoms with Gasteiger partial charge in [-0.05, 0) is 35.9 Å². The number of hydrogen-bond acceptors (Lipinski definition) is 6. The lowest BCUT2D eigenvalue weighted by Crippen LogP contribution is -2.48. The quantitative estimate of drug-likeness (QED) is 0.519. The number of rotatable bonds is 5. The number of methoxy groups -OCH3 is 1. The first kappa shape index (κ1) is 23.3. The fraction of sp³-hybridized carbons (Fsp3) is 0.318. The van der Waals surface area contributed by atoms with E-state index in [0.29, 0.717) is 37.0 Å². The Labute approximate surface area is 188 Å². The van der Waals surface area contributed by atoms with E-state index < -0.39 is 27.4 Å². The molecule has 2 aromatic carbocycles. The van der Waals surface area contributed by atoms with E-state index in [2.05, 4.69) is 0 Å². The van der Waals surface area contributed by atoms with Crippen LogP contribution in [0.5, 0.6) is 5.75 Å². The minimum Gasteiger partial charge on any atom is -0.497 e. The molecule has 33 heavy (non-hydrogen) atoms. The van der Waals surface area contributed by atoms with Crippen molar-refractivity contribution in [2.75, 3.05) is 33.3 Å². The van der Waals surface area contributed by atoms with Gasteiger partial charge in [0.1, 0.15) is 11.3 Å². The Balaban J connectivity index is 1.49. The molecule has 0 unspecified atom stereocenters. The minimum absolute atomic E-state index is 0.117. The van der Waals surface area contributed by atoms with E-state index >= 15 is 0 Å². The molecule has 0 radical (unpaired) electrons. The second-order valence-electron chi connectivity index (χ2n) is 7.66. The molecule has 1 saturated heterocycles. The van der Waals surface area contributed by atoms with Crippen LogP contribution in [-0.2, 0) is 22.7 Å². The molecule has 0 N–H and O–H groups in total. The molecule has 3 aromatic rings. The molecule has 4 rings (SSSR count). The summed E-state index contributed by atoms with van der Waals surface area (Å²) in [6.45, 7) is 1.34. The van der Waals surface area contributed by atoms with E-state index in [0.717, 1.165) is 23.1 Å². The summed E-state index contributed by atoms with van der Waals surface area (Å²) in [7, 11) is -2.55. The molecule has 1 aliphatic heterocycles. The average molecular weight is 482 g/mol. The van der Waals surface area contributed by atoms with Crippen LogP contribution in [0.15, 0.2) is 62.6 Å². The van der Waals surface area contributed by atoms with Crippen LogP contribution in [0.25, 0.3) is 11.0 Å². The molecule has 0 aliphatic carbocycles. The summed E-state index contributed by atoms with van der Waals surface area (Å²) < 4.78 is 76.3. The standard InChI is InChI=1S/C22H21F3N2O5S/c1-31-17-5-6-19-15(11-21(28)32-20(19)13-17)14-26-7-9-27(10-8-26)33(29,30)18-4-2-3-16(12-18)22(23,24)25/h2-6,11-13H,7-10,14H2,1H3. The van der Waals surface area contributed by atoms with Crippen molar-refractivity contribution in [1.82, 2.24) is 9.21 Å². The summed E-state index contributed by atoms with van der Waals surface area (Å²) in [6, 6.07) is 10.3. The molecule has 176 valence electrons. The molecule has 0 amide bonds. The smallest absolute Gasteiger partial charge is 0.416 e. The van der Waals surface area contributed by atoms with E-state index in [1.807, 2.05) is 4.90 Å². The number of nitrogens with zero attached hydrogens (tertiary/aromatic N) is 2. The lowest BCUT2D eigenvalue weighted by molar-refractivity contribution is -0.137. The van der Waals surface area contributed by atoms with E-state index in [1.165, 1.54) is 23.5 Å². The van der Waals surface area contributed by atoms with Crippen molar-refractivity contribution in [2.45, 2.75) is 17.6 Å². The minimum atomic E-state index is -4.63. The number of halogens is 3. The number of ether oxygens (including phenoxy) is 1. The van der Waals surface area contributed by atoms with Crippen molar-refractivity contribution in [2.24, 2.45) is 0 Å². The molecule has 0 bridgehead atoms. The van der Waals surface area contributed by atoms with E-state index in [9.17, 15) is 26.4 Å². The van der Waals surface area contributed by atoms with Crippen molar-refractivity contribution < 1.29 is 30.7 Å². The number of fused-ring (bicyclic) bond motifs is 1. The van der Waals surface area contributed by atoms with Gasteiger partial charge in [-0.3, -0.25) is 4.90 Å². The van der Waals surface area contributed by atoms with Crippen molar-refractivity contribution in [1.29, 1.82) is 0 Å². The van der Waals surface area contributed by atoms with E-state index in [-0.39, 0.29) is 18.0 Å². The highest BCUT2D eigenvalue weighted by molar-refractivity contribution is 7.89. The molecule has 7 nitrogen and oxygen atoms in total. The van der Waals surface area contributed by atoms with Gasteiger partial charge < -0.3 is 9.15 Å². The summed E-state index contributed by atoms with van der Waals surface area (Å²) in [4.78, 5) is 13.6. The van der Waals surface area contributed by atoms with Gasteiger partial charge in [-0.1, -0.05) is 6.07 Å². The van der Waals surface area contributed by atoms with Crippen LogP contribution in [0.1, 0.15) is 11.1 Å². The maximum Gasteiger partial charge on any atom is 0.416 e. The zero-order chi connectivity index (χ0) is 23.8. The van der Waals surface area contributed by atoms with Crippen LogP contribution in [0.2, 0.25) is 0 Å². The van der Waals surface area contributed by atoms with Crippen molar-refractivity contribution >= 4 is 21.0 Å². The van der Waals surface area contributed by atoms with Crippen LogP contribution < -0.4 is 10.4 Å². The Bertz CT molecular complexity index is 1330. The number of sulfonamides is 1. The van der Waals surface area contributed by atoms with Gasteiger partial charge in [0.05, 0.1) is 17.6 Å². The van der Waals surface area contributed by atoms with Gasteiger partial charge in [0.25, 0.3) is 0 Å². The summed E-state index contributed by atoms with van der Waals surface area (Å²) in [5.41, 5.74) is -0.383. The van der Waals surface area contributed by atoms with E-state index in [1.54, 1.807) is 18.2 Å². The molecular formula is C22H21F3N2O5S. The molecule has 1 aromatic heterocycles. The molecule has 1 aliphatic rings. The molecule has 2 heterocycles. The van der Waals surface area contributed by atoms with Gasteiger partial charge in [-0.15, -0.1) is 0 Å². The average Bonchev–Trinajstić information content (AvgIpc) is 2.78. The zero-order valence-corrected chi connectivity index (χ0v) is 18.4. The van der Waals surface area contributed by atoms with Crippen LogP contribution in [0, 0.1) is 0 Å². The Morgan fingerprint density at radius 2 is 1.76 bits per heavy atom. The van der Waals surface area contributed by atoms with Gasteiger partial charge in [-0.2, -0.15) is 17.5 Å². The molecule has 1 fully saturated rings. The third kappa shape index (κ3) is 4.90. The molecular weight excluding hydrogens is 461 g/mol. The van der Waals surface area contributed by atoms with Crippen LogP contribution in [0.3, 0.4) is 0 Å². The first-order chi connectivity index (χ1) is 15.6. The Morgan fingerprint density at radius 1 is 1.03 bits per heavy atom. The van der Waals surface area contributed by atoms with Gasteiger partial charge in [0, 0.05) is 50.2 Å². The fourth-order valence-electron chi connectivity index (χ4n) is 3.82. The molecule has 0 spiro atoms. The van der Waals surface area contributed by atoms with Crippen molar-refractivity contribution in [3.63, 3.8) is 0 Å². The maximum absolute atomic E-state index is 13.0. The zero-order valence-electron chi connectivity index (χ0n) is 17.6. The number of hydrogen-bond donors (Lipinski definition) is 0. The third-order valence-corrected chi connectivity index (χ3v) is 7.46. The monoisotopic (exact) mass is 482 g/mol. The molecule has 11 heteroatoms. The number of piperazine rings is 1. The second kappa shape index (κ2) is 8.81. The van der Waals surface area contributed by atoms with E-state index in [4.69, 9.17) is 9.15 Å². The molecule has 0 saturated carbocycles. The summed E-state index contributed by atoms with van der Waals surface area (Å²) in [5, 5.41) is 0.745. The van der Waals surface area contributed by atoms with Crippen LogP contribution >= 0.6 is 0 Å².